The van der Waals surface area contributed by atoms with Crippen LogP contribution in [0.25, 0.3) is 0 Å². The van der Waals surface area contributed by atoms with Crippen LogP contribution in [0.5, 0.6) is 0 Å². The summed E-state index contributed by atoms with van der Waals surface area (Å²) in [5, 5.41) is 2.94. The summed E-state index contributed by atoms with van der Waals surface area (Å²) >= 11 is 0. The Kier molecular flexibility index (Phi) is 11.5. The number of unbranched alkanes of at least 4 members (excludes halogenated alkanes) is 5. The number of amides is 1. The lowest BCUT2D eigenvalue weighted by Gasteiger charge is -2.10. The minimum atomic E-state index is 0.0320. The van der Waals surface area contributed by atoms with E-state index in [-0.39, 0.29) is 11.9 Å². The van der Waals surface area contributed by atoms with Crippen LogP contribution < -0.4 is 11.1 Å². The van der Waals surface area contributed by atoms with Gasteiger partial charge < -0.3 is 11.1 Å². The molecule has 102 valence electrons. The zero-order chi connectivity index (χ0) is 12.9. The molecule has 1 atom stereocenters. The largest absolute Gasteiger partial charge is 0.356 e. The number of carbonyl (C=O) groups is 1. The van der Waals surface area contributed by atoms with E-state index in [4.69, 9.17) is 5.73 Å². The lowest BCUT2D eigenvalue weighted by Crippen LogP contribution is -2.32. The maximum absolute atomic E-state index is 11.5. The molecule has 0 aromatic rings. The summed E-state index contributed by atoms with van der Waals surface area (Å²) in [7, 11) is 0. The van der Waals surface area contributed by atoms with E-state index in [9.17, 15) is 4.79 Å². The first-order valence-corrected chi connectivity index (χ1v) is 7.23. The van der Waals surface area contributed by atoms with E-state index in [1.54, 1.807) is 0 Å². The molecular formula is C14H30N2O. The Hall–Kier alpha value is -0.570. The van der Waals surface area contributed by atoms with Crippen LogP contribution in [0, 0.1) is 0 Å². The van der Waals surface area contributed by atoms with Crippen LogP contribution in [0.2, 0.25) is 0 Å². The van der Waals surface area contributed by atoms with Gasteiger partial charge in [-0.2, -0.15) is 0 Å². The summed E-state index contributed by atoms with van der Waals surface area (Å²) in [5.74, 6) is 0.111. The summed E-state index contributed by atoms with van der Waals surface area (Å²) in [6.45, 7) is 5.12. The molecule has 0 rings (SSSR count). The van der Waals surface area contributed by atoms with Gasteiger partial charge in [-0.1, -0.05) is 52.4 Å². The molecule has 0 heterocycles. The van der Waals surface area contributed by atoms with E-state index < -0.39 is 0 Å². The second kappa shape index (κ2) is 11.9. The summed E-state index contributed by atoms with van der Waals surface area (Å²) in [4.78, 5) is 11.5. The Labute approximate surface area is 107 Å². The first-order valence-electron chi connectivity index (χ1n) is 7.23. The molecular weight excluding hydrogens is 212 g/mol. The fourth-order valence-electron chi connectivity index (χ4n) is 1.92. The van der Waals surface area contributed by atoms with Crippen molar-refractivity contribution in [3.8, 4) is 0 Å². The molecule has 3 N–H and O–H groups in total. The summed E-state index contributed by atoms with van der Waals surface area (Å²) in [6.07, 6.45) is 10.0. The van der Waals surface area contributed by atoms with Crippen molar-refractivity contribution >= 4 is 5.91 Å². The van der Waals surface area contributed by atoms with Gasteiger partial charge in [0.05, 0.1) is 0 Å². The minimum absolute atomic E-state index is 0.0320. The highest BCUT2D eigenvalue weighted by molar-refractivity contribution is 5.76. The Morgan fingerprint density at radius 1 is 1.06 bits per heavy atom. The van der Waals surface area contributed by atoms with Gasteiger partial charge in [0.15, 0.2) is 0 Å². The van der Waals surface area contributed by atoms with Crippen LogP contribution in [0.15, 0.2) is 0 Å². The smallest absolute Gasteiger partial charge is 0.221 e. The van der Waals surface area contributed by atoms with Gasteiger partial charge in [-0.05, 0) is 12.8 Å². The van der Waals surface area contributed by atoms with Gasteiger partial charge in [0.2, 0.25) is 5.91 Å². The topological polar surface area (TPSA) is 55.1 Å². The van der Waals surface area contributed by atoms with E-state index in [1.807, 2.05) is 0 Å². The molecule has 0 saturated carbocycles. The molecule has 0 bridgehead atoms. The molecule has 3 heteroatoms. The SMILES string of the molecule is CCCCCCCCNC(=O)CC(N)CCC. The van der Waals surface area contributed by atoms with Gasteiger partial charge in [-0.15, -0.1) is 0 Å². The Morgan fingerprint density at radius 2 is 1.71 bits per heavy atom. The maximum Gasteiger partial charge on any atom is 0.221 e. The van der Waals surface area contributed by atoms with Crippen molar-refractivity contribution in [2.45, 2.75) is 77.7 Å². The van der Waals surface area contributed by atoms with E-state index in [0.717, 1.165) is 25.8 Å². The lowest BCUT2D eigenvalue weighted by atomic mass is 10.1. The second-order valence-electron chi connectivity index (χ2n) is 4.87. The zero-order valence-corrected chi connectivity index (χ0v) is 11.6. The highest BCUT2D eigenvalue weighted by Crippen LogP contribution is 2.04. The average Bonchev–Trinajstić information content (AvgIpc) is 2.28. The predicted molar refractivity (Wildman–Crippen MR) is 73.9 cm³/mol. The molecule has 17 heavy (non-hydrogen) atoms. The van der Waals surface area contributed by atoms with Gasteiger partial charge in [0, 0.05) is 19.0 Å². The number of nitrogens with two attached hydrogens (primary N) is 1. The Balaban J connectivity index is 3.27. The fraction of sp³-hybridized carbons (Fsp3) is 0.929. The third-order valence-electron chi connectivity index (χ3n) is 2.96. The van der Waals surface area contributed by atoms with Crippen LogP contribution in [-0.4, -0.2) is 18.5 Å². The van der Waals surface area contributed by atoms with Crippen molar-refractivity contribution in [3.63, 3.8) is 0 Å². The third kappa shape index (κ3) is 11.7. The van der Waals surface area contributed by atoms with Crippen LogP contribution in [0.4, 0.5) is 0 Å². The van der Waals surface area contributed by atoms with Gasteiger partial charge in [-0.25, -0.2) is 0 Å². The Morgan fingerprint density at radius 3 is 2.35 bits per heavy atom. The molecule has 3 nitrogen and oxygen atoms in total. The fourth-order valence-corrected chi connectivity index (χ4v) is 1.92. The first-order chi connectivity index (χ1) is 8.20. The standard InChI is InChI=1S/C14H30N2O/c1-3-5-6-7-8-9-11-16-14(17)12-13(15)10-4-2/h13H,3-12,15H2,1-2H3,(H,16,17). The second-order valence-corrected chi connectivity index (χ2v) is 4.87. The molecule has 0 aliphatic heterocycles. The number of hydrogen-bond donors (Lipinski definition) is 2. The van der Waals surface area contributed by atoms with Crippen molar-refractivity contribution in [2.75, 3.05) is 6.54 Å². The molecule has 0 aromatic carbocycles. The normalized spacial score (nSPS) is 12.4. The molecule has 0 aliphatic rings. The number of carbonyl (C=O) groups excluding carboxylic acids is 1. The van der Waals surface area contributed by atoms with E-state index in [2.05, 4.69) is 19.2 Å². The third-order valence-corrected chi connectivity index (χ3v) is 2.96. The monoisotopic (exact) mass is 242 g/mol. The quantitative estimate of drug-likeness (QED) is 0.547. The summed E-state index contributed by atoms with van der Waals surface area (Å²) in [5.41, 5.74) is 5.81. The van der Waals surface area contributed by atoms with Crippen LogP contribution >= 0.6 is 0 Å². The molecule has 0 radical (unpaired) electrons. The van der Waals surface area contributed by atoms with E-state index >= 15 is 0 Å². The number of rotatable bonds is 11. The molecule has 0 saturated heterocycles. The lowest BCUT2D eigenvalue weighted by molar-refractivity contribution is -0.121. The van der Waals surface area contributed by atoms with Crippen molar-refractivity contribution in [1.82, 2.24) is 5.32 Å². The van der Waals surface area contributed by atoms with Crippen LogP contribution in [0.1, 0.15) is 71.6 Å². The highest BCUT2D eigenvalue weighted by atomic mass is 16.1. The van der Waals surface area contributed by atoms with Crippen molar-refractivity contribution in [3.05, 3.63) is 0 Å². The highest BCUT2D eigenvalue weighted by Gasteiger charge is 2.07. The minimum Gasteiger partial charge on any atom is -0.356 e. The number of nitrogens with one attached hydrogen (secondary N) is 1. The Bertz CT molecular complexity index is 183. The van der Waals surface area contributed by atoms with Crippen LogP contribution in [0.3, 0.4) is 0 Å². The average molecular weight is 242 g/mol. The summed E-state index contributed by atoms with van der Waals surface area (Å²) < 4.78 is 0. The summed E-state index contributed by atoms with van der Waals surface area (Å²) in [6, 6.07) is 0.0320. The molecule has 0 aromatic heterocycles. The van der Waals surface area contributed by atoms with Gasteiger partial charge in [-0.3, -0.25) is 4.79 Å². The molecule has 0 aliphatic carbocycles. The van der Waals surface area contributed by atoms with E-state index in [1.165, 1.54) is 32.1 Å². The molecule has 1 unspecified atom stereocenters. The van der Waals surface area contributed by atoms with Crippen molar-refractivity contribution < 1.29 is 4.79 Å². The zero-order valence-electron chi connectivity index (χ0n) is 11.6. The van der Waals surface area contributed by atoms with E-state index in [0.29, 0.717) is 6.42 Å². The van der Waals surface area contributed by atoms with Crippen molar-refractivity contribution in [2.24, 2.45) is 5.73 Å². The van der Waals surface area contributed by atoms with Gasteiger partial charge in [0.1, 0.15) is 0 Å². The predicted octanol–water partition coefficient (Wildman–Crippen LogP) is 2.98. The van der Waals surface area contributed by atoms with Crippen LogP contribution in [-0.2, 0) is 4.79 Å². The van der Waals surface area contributed by atoms with Gasteiger partial charge >= 0.3 is 0 Å². The first kappa shape index (κ1) is 16.4. The molecule has 1 amide bonds. The maximum atomic E-state index is 11.5. The molecule has 0 spiro atoms. The van der Waals surface area contributed by atoms with Crippen molar-refractivity contribution in [1.29, 1.82) is 0 Å². The van der Waals surface area contributed by atoms with Gasteiger partial charge in [0.25, 0.3) is 0 Å². The number of hydrogen-bond acceptors (Lipinski definition) is 2. The molecule has 0 fully saturated rings.